The van der Waals surface area contributed by atoms with Gasteiger partial charge in [-0.1, -0.05) is 29.8 Å². The molecular weight excluding hydrogens is 258 g/mol. The molecular formula is C15H19NO4. The molecule has 1 N–H and O–H groups in total. The molecule has 0 spiro atoms. The highest BCUT2D eigenvalue weighted by molar-refractivity contribution is 5.78. The fraction of sp³-hybridized carbons (Fsp3) is 0.467. The molecule has 0 bridgehead atoms. The van der Waals surface area contributed by atoms with Crippen molar-refractivity contribution in [2.75, 3.05) is 13.2 Å². The average molecular weight is 277 g/mol. The number of amides is 1. The summed E-state index contributed by atoms with van der Waals surface area (Å²) < 4.78 is 5.23. The first-order valence-electron chi connectivity index (χ1n) is 6.71. The number of aliphatic carboxylic acids is 1. The first-order valence-corrected chi connectivity index (χ1v) is 6.71. The highest BCUT2D eigenvalue weighted by atomic mass is 16.5. The van der Waals surface area contributed by atoms with E-state index in [4.69, 9.17) is 9.84 Å². The molecule has 1 fully saturated rings. The molecule has 108 valence electrons. The molecule has 1 amide bonds. The number of carbonyl (C=O) groups excluding carboxylic acids is 1. The Balaban J connectivity index is 2.05. The molecule has 0 radical (unpaired) electrons. The number of hydrogen-bond acceptors (Lipinski definition) is 3. The molecule has 20 heavy (non-hydrogen) atoms. The van der Waals surface area contributed by atoms with E-state index in [-0.39, 0.29) is 25.0 Å². The van der Waals surface area contributed by atoms with Crippen LogP contribution in [-0.4, -0.2) is 41.1 Å². The van der Waals surface area contributed by atoms with Gasteiger partial charge in [0.25, 0.3) is 0 Å². The molecule has 1 heterocycles. The van der Waals surface area contributed by atoms with Gasteiger partial charge < -0.3 is 14.7 Å². The summed E-state index contributed by atoms with van der Waals surface area (Å²) in [5, 5.41) is 8.77. The van der Waals surface area contributed by atoms with Gasteiger partial charge in [0.2, 0.25) is 5.91 Å². The van der Waals surface area contributed by atoms with Gasteiger partial charge in [0.05, 0.1) is 12.6 Å². The maximum atomic E-state index is 12.0. The summed E-state index contributed by atoms with van der Waals surface area (Å²) in [4.78, 5) is 24.4. The van der Waals surface area contributed by atoms with Gasteiger partial charge >= 0.3 is 5.97 Å². The summed E-state index contributed by atoms with van der Waals surface area (Å²) in [5.74, 6) is -0.925. The van der Waals surface area contributed by atoms with Crippen LogP contribution >= 0.6 is 0 Å². The number of ether oxygens (including phenoxy) is 1. The van der Waals surface area contributed by atoms with Crippen molar-refractivity contribution in [2.45, 2.75) is 32.4 Å². The summed E-state index contributed by atoms with van der Waals surface area (Å²) >= 11 is 0. The Kier molecular flexibility index (Phi) is 4.74. The maximum Gasteiger partial charge on any atom is 0.303 e. The second kappa shape index (κ2) is 6.52. The molecule has 1 aromatic rings. The van der Waals surface area contributed by atoms with Gasteiger partial charge in [-0.25, -0.2) is 0 Å². The molecule has 5 nitrogen and oxygen atoms in total. The van der Waals surface area contributed by atoms with Crippen LogP contribution in [0.1, 0.15) is 24.0 Å². The number of aryl methyl sites for hydroxylation is 1. The van der Waals surface area contributed by atoms with Gasteiger partial charge in [0.1, 0.15) is 6.61 Å². The lowest BCUT2D eigenvalue weighted by atomic mass is 10.1. The molecule has 1 aliphatic rings. The van der Waals surface area contributed by atoms with Crippen molar-refractivity contribution in [3.8, 4) is 0 Å². The summed E-state index contributed by atoms with van der Waals surface area (Å²) in [6, 6.07) is 7.84. The zero-order valence-electron chi connectivity index (χ0n) is 11.5. The van der Waals surface area contributed by atoms with Crippen molar-refractivity contribution in [2.24, 2.45) is 0 Å². The van der Waals surface area contributed by atoms with Crippen LogP contribution in [0.25, 0.3) is 0 Å². The predicted molar refractivity (Wildman–Crippen MR) is 73.2 cm³/mol. The lowest BCUT2D eigenvalue weighted by Gasteiger charge is -2.35. The Bertz CT molecular complexity index is 483. The fourth-order valence-electron chi connectivity index (χ4n) is 2.30. The number of rotatable bonds is 5. The van der Waals surface area contributed by atoms with E-state index >= 15 is 0 Å². The van der Waals surface area contributed by atoms with Gasteiger partial charge in [-0.15, -0.1) is 0 Å². The first kappa shape index (κ1) is 14.5. The molecule has 0 saturated carbocycles. The Hall–Kier alpha value is -1.88. The van der Waals surface area contributed by atoms with Gasteiger partial charge in [0, 0.05) is 13.0 Å². The second-order valence-corrected chi connectivity index (χ2v) is 5.11. The SMILES string of the molecule is Cc1ccc(CN2C(=O)COCC2CCC(=O)O)cc1. The molecule has 1 aliphatic heterocycles. The van der Waals surface area contributed by atoms with Crippen LogP contribution in [0.5, 0.6) is 0 Å². The quantitative estimate of drug-likeness (QED) is 0.887. The number of benzene rings is 1. The summed E-state index contributed by atoms with van der Waals surface area (Å²) in [7, 11) is 0. The maximum absolute atomic E-state index is 12.0. The number of carboxylic acids is 1. The van der Waals surface area contributed by atoms with Crippen LogP contribution in [0.15, 0.2) is 24.3 Å². The number of nitrogens with zero attached hydrogens (tertiary/aromatic N) is 1. The van der Waals surface area contributed by atoms with E-state index < -0.39 is 5.97 Å². The van der Waals surface area contributed by atoms with Crippen LogP contribution in [0.2, 0.25) is 0 Å². The van der Waals surface area contributed by atoms with E-state index in [0.717, 1.165) is 5.56 Å². The molecule has 1 atom stereocenters. The molecule has 1 aromatic carbocycles. The van der Waals surface area contributed by atoms with Crippen molar-refractivity contribution in [1.82, 2.24) is 4.90 Å². The molecule has 2 rings (SSSR count). The molecule has 5 heteroatoms. The Morgan fingerprint density at radius 1 is 1.40 bits per heavy atom. The highest BCUT2D eigenvalue weighted by Gasteiger charge is 2.28. The van der Waals surface area contributed by atoms with Crippen molar-refractivity contribution >= 4 is 11.9 Å². The van der Waals surface area contributed by atoms with E-state index in [0.29, 0.717) is 19.6 Å². The molecule has 0 aromatic heterocycles. The minimum atomic E-state index is -0.849. The number of carboxylic acid groups (broad SMARTS) is 1. The van der Waals surface area contributed by atoms with Crippen molar-refractivity contribution in [3.63, 3.8) is 0 Å². The van der Waals surface area contributed by atoms with Crippen LogP contribution in [-0.2, 0) is 20.9 Å². The fourth-order valence-corrected chi connectivity index (χ4v) is 2.30. The third kappa shape index (κ3) is 3.81. The molecule has 0 aliphatic carbocycles. The topological polar surface area (TPSA) is 66.8 Å². The van der Waals surface area contributed by atoms with E-state index in [9.17, 15) is 9.59 Å². The minimum Gasteiger partial charge on any atom is -0.481 e. The van der Waals surface area contributed by atoms with Gasteiger partial charge in [-0.2, -0.15) is 0 Å². The van der Waals surface area contributed by atoms with Crippen molar-refractivity contribution < 1.29 is 19.4 Å². The van der Waals surface area contributed by atoms with E-state index in [2.05, 4.69) is 0 Å². The third-order valence-electron chi connectivity index (χ3n) is 3.46. The Morgan fingerprint density at radius 3 is 2.75 bits per heavy atom. The second-order valence-electron chi connectivity index (χ2n) is 5.11. The minimum absolute atomic E-state index is 0.0473. The van der Waals surface area contributed by atoms with Gasteiger partial charge in [-0.3, -0.25) is 9.59 Å². The lowest BCUT2D eigenvalue weighted by Crippen LogP contribution is -2.48. The zero-order valence-corrected chi connectivity index (χ0v) is 11.5. The standard InChI is InChI=1S/C15H19NO4/c1-11-2-4-12(5-3-11)8-16-13(6-7-15(18)19)9-20-10-14(16)17/h2-5,13H,6-10H2,1H3,(H,18,19). The normalized spacial score (nSPS) is 19.1. The van der Waals surface area contributed by atoms with Crippen LogP contribution in [0, 0.1) is 6.92 Å². The highest BCUT2D eigenvalue weighted by Crippen LogP contribution is 2.17. The molecule has 1 unspecified atom stereocenters. The van der Waals surface area contributed by atoms with Crippen LogP contribution in [0.4, 0.5) is 0 Å². The number of hydrogen-bond donors (Lipinski definition) is 1. The van der Waals surface area contributed by atoms with E-state index in [1.807, 2.05) is 31.2 Å². The smallest absolute Gasteiger partial charge is 0.303 e. The third-order valence-corrected chi connectivity index (χ3v) is 3.46. The van der Waals surface area contributed by atoms with Gasteiger partial charge in [-0.05, 0) is 18.9 Å². The monoisotopic (exact) mass is 277 g/mol. The van der Waals surface area contributed by atoms with E-state index in [1.54, 1.807) is 4.90 Å². The van der Waals surface area contributed by atoms with Crippen LogP contribution in [0.3, 0.4) is 0 Å². The largest absolute Gasteiger partial charge is 0.481 e. The van der Waals surface area contributed by atoms with Crippen molar-refractivity contribution in [1.29, 1.82) is 0 Å². The van der Waals surface area contributed by atoms with Crippen LogP contribution < -0.4 is 0 Å². The summed E-state index contributed by atoms with van der Waals surface area (Å²) in [6.07, 6.45) is 0.471. The average Bonchev–Trinajstić information content (AvgIpc) is 2.41. The van der Waals surface area contributed by atoms with Gasteiger partial charge in [0.15, 0.2) is 0 Å². The number of carbonyl (C=O) groups is 2. The predicted octanol–water partition coefficient (Wildman–Crippen LogP) is 1.59. The Labute approximate surface area is 118 Å². The molecule has 1 saturated heterocycles. The van der Waals surface area contributed by atoms with Crippen molar-refractivity contribution in [3.05, 3.63) is 35.4 Å². The zero-order chi connectivity index (χ0) is 14.5. The van der Waals surface area contributed by atoms with E-state index in [1.165, 1.54) is 5.56 Å². The lowest BCUT2D eigenvalue weighted by molar-refractivity contribution is -0.151. The summed E-state index contributed by atoms with van der Waals surface area (Å²) in [6.45, 7) is 3.01. The Morgan fingerprint density at radius 2 is 2.10 bits per heavy atom. The first-order chi connectivity index (χ1) is 9.56. The number of morpholine rings is 1. The summed E-state index contributed by atoms with van der Waals surface area (Å²) in [5.41, 5.74) is 2.22.